The molecule has 1 aliphatic rings. The lowest BCUT2D eigenvalue weighted by Gasteiger charge is -2.37. The quantitative estimate of drug-likeness (QED) is 0.763. The molecular weight excluding hydrogens is 230 g/mol. The van der Waals surface area contributed by atoms with Crippen LogP contribution in [0.2, 0.25) is 0 Å². The molecule has 0 amide bonds. The summed E-state index contributed by atoms with van der Waals surface area (Å²) < 4.78 is 0. The van der Waals surface area contributed by atoms with Gasteiger partial charge in [0.05, 0.1) is 11.5 Å². The molecule has 0 unspecified atom stereocenters. The van der Waals surface area contributed by atoms with Crippen LogP contribution in [0, 0.1) is 11.8 Å². The molecule has 0 bridgehead atoms. The summed E-state index contributed by atoms with van der Waals surface area (Å²) in [5.74, 6) is -0.304. The van der Waals surface area contributed by atoms with Gasteiger partial charge in [0.2, 0.25) is 0 Å². The molecule has 1 saturated carbocycles. The number of aliphatic carboxylic acids is 1. The number of rotatable bonds is 6. The lowest BCUT2D eigenvalue weighted by molar-refractivity contribution is -0.145. The van der Waals surface area contributed by atoms with Crippen molar-refractivity contribution in [3.05, 3.63) is 0 Å². The Hall–Kier alpha value is -0.610. The number of hydrogen-bond acceptors (Lipinski definition) is 3. The molecule has 2 N–H and O–H groups in total. The number of carboxylic acids is 1. The summed E-state index contributed by atoms with van der Waals surface area (Å²) in [6, 6.07) is 0. The van der Waals surface area contributed by atoms with Crippen molar-refractivity contribution in [1.29, 1.82) is 0 Å². The maximum atomic E-state index is 10.9. The van der Waals surface area contributed by atoms with Crippen molar-refractivity contribution in [3.63, 3.8) is 0 Å². The van der Waals surface area contributed by atoms with Crippen molar-refractivity contribution in [2.45, 2.75) is 51.6 Å². The number of aliphatic hydroxyl groups is 1. The van der Waals surface area contributed by atoms with E-state index in [9.17, 15) is 9.90 Å². The molecule has 0 atom stereocenters. The smallest absolute Gasteiger partial charge is 0.306 e. The van der Waals surface area contributed by atoms with Gasteiger partial charge in [0.25, 0.3) is 0 Å². The fraction of sp³-hybridized carbons (Fsp3) is 0.929. The largest absolute Gasteiger partial charge is 0.481 e. The molecule has 1 fully saturated rings. The number of hydrogen-bond donors (Lipinski definition) is 2. The summed E-state index contributed by atoms with van der Waals surface area (Å²) in [6.07, 6.45) is 3.55. The molecule has 1 rings (SSSR count). The predicted octanol–water partition coefficient (Wildman–Crippen LogP) is 1.97. The van der Waals surface area contributed by atoms with Gasteiger partial charge in [0.15, 0.2) is 0 Å². The summed E-state index contributed by atoms with van der Waals surface area (Å²) in [5.41, 5.74) is -0.683. The topological polar surface area (TPSA) is 60.8 Å². The Morgan fingerprint density at radius 2 is 1.94 bits per heavy atom. The highest BCUT2D eigenvalue weighted by atomic mass is 16.4. The fourth-order valence-corrected chi connectivity index (χ4v) is 2.62. The van der Waals surface area contributed by atoms with Crippen LogP contribution in [0.15, 0.2) is 0 Å². The van der Waals surface area contributed by atoms with E-state index in [1.807, 2.05) is 7.05 Å². The second-order valence-electron chi connectivity index (χ2n) is 6.26. The zero-order valence-corrected chi connectivity index (χ0v) is 11.9. The highest BCUT2D eigenvalue weighted by molar-refractivity contribution is 5.70. The number of nitrogens with zero attached hydrogens (tertiary/aromatic N) is 1. The lowest BCUT2D eigenvalue weighted by atomic mass is 9.78. The van der Waals surface area contributed by atoms with Crippen molar-refractivity contribution in [2.75, 3.05) is 20.1 Å². The maximum Gasteiger partial charge on any atom is 0.306 e. The molecule has 18 heavy (non-hydrogen) atoms. The first-order valence-corrected chi connectivity index (χ1v) is 6.96. The van der Waals surface area contributed by atoms with E-state index < -0.39 is 11.6 Å². The van der Waals surface area contributed by atoms with E-state index in [0.29, 0.717) is 38.1 Å². The van der Waals surface area contributed by atoms with Crippen molar-refractivity contribution < 1.29 is 15.0 Å². The molecule has 4 heteroatoms. The average Bonchev–Trinajstić information content (AvgIpc) is 2.26. The Kier molecular flexibility index (Phi) is 5.60. The van der Waals surface area contributed by atoms with Crippen molar-refractivity contribution in [3.8, 4) is 0 Å². The second kappa shape index (κ2) is 6.53. The van der Waals surface area contributed by atoms with E-state index in [0.717, 1.165) is 13.0 Å². The summed E-state index contributed by atoms with van der Waals surface area (Å²) in [4.78, 5) is 13.0. The number of carbonyl (C=O) groups is 1. The third-order valence-corrected chi connectivity index (χ3v) is 3.92. The van der Waals surface area contributed by atoms with Crippen molar-refractivity contribution in [1.82, 2.24) is 4.90 Å². The molecule has 1 aliphatic carbocycles. The minimum Gasteiger partial charge on any atom is -0.481 e. The van der Waals surface area contributed by atoms with E-state index in [1.165, 1.54) is 0 Å². The molecule has 0 heterocycles. The second-order valence-corrected chi connectivity index (χ2v) is 6.26. The normalized spacial score (nSPS) is 28.9. The van der Waals surface area contributed by atoms with Crippen LogP contribution in [0.4, 0.5) is 0 Å². The van der Waals surface area contributed by atoms with Crippen LogP contribution >= 0.6 is 0 Å². The van der Waals surface area contributed by atoms with Gasteiger partial charge >= 0.3 is 5.97 Å². The van der Waals surface area contributed by atoms with Gasteiger partial charge < -0.3 is 15.1 Å². The van der Waals surface area contributed by atoms with E-state index in [4.69, 9.17) is 5.11 Å². The van der Waals surface area contributed by atoms with Crippen molar-refractivity contribution in [2.24, 2.45) is 11.8 Å². The predicted molar refractivity (Wildman–Crippen MR) is 71.5 cm³/mol. The van der Waals surface area contributed by atoms with Gasteiger partial charge in [-0.25, -0.2) is 0 Å². The molecule has 0 aromatic rings. The molecule has 0 spiro atoms. The third-order valence-electron chi connectivity index (χ3n) is 3.92. The highest BCUT2D eigenvalue weighted by Gasteiger charge is 2.36. The number of carboxylic acid groups (broad SMARTS) is 1. The monoisotopic (exact) mass is 257 g/mol. The molecule has 0 saturated heterocycles. The van der Waals surface area contributed by atoms with Crippen LogP contribution in [0.5, 0.6) is 0 Å². The molecule has 4 nitrogen and oxygen atoms in total. The fourth-order valence-electron chi connectivity index (χ4n) is 2.62. The minimum absolute atomic E-state index is 0.258. The van der Waals surface area contributed by atoms with Gasteiger partial charge in [0.1, 0.15) is 0 Å². The van der Waals surface area contributed by atoms with Gasteiger partial charge in [-0.3, -0.25) is 4.79 Å². The molecular formula is C14H27NO3. The third kappa shape index (κ3) is 4.94. The Bertz CT molecular complexity index is 270. The van der Waals surface area contributed by atoms with Gasteiger partial charge in [-0.15, -0.1) is 0 Å². The highest BCUT2D eigenvalue weighted by Crippen LogP contribution is 2.32. The first-order valence-electron chi connectivity index (χ1n) is 6.96. The average molecular weight is 257 g/mol. The first-order chi connectivity index (χ1) is 8.32. The zero-order valence-electron chi connectivity index (χ0n) is 11.9. The van der Waals surface area contributed by atoms with E-state index >= 15 is 0 Å². The van der Waals surface area contributed by atoms with E-state index in [1.54, 1.807) is 0 Å². The van der Waals surface area contributed by atoms with Gasteiger partial charge in [-0.05, 0) is 51.6 Å². The van der Waals surface area contributed by atoms with Crippen LogP contribution in [0.3, 0.4) is 0 Å². The Morgan fingerprint density at radius 3 is 2.39 bits per heavy atom. The number of likely N-dealkylation sites (N-methyl/N-ethyl adjacent to an activating group) is 1. The van der Waals surface area contributed by atoms with Crippen LogP contribution < -0.4 is 0 Å². The summed E-state index contributed by atoms with van der Waals surface area (Å²) in [5, 5.41) is 19.4. The van der Waals surface area contributed by atoms with E-state index in [-0.39, 0.29) is 5.92 Å². The molecule has 106 valence electrons. The van der Waals surface area contributed by atoms with E-state index in [2.05, 4.69) is 18.7 Å². The minimum atomic E-state index is -0.717. The van der Waals surface area contributed by atoms with Gasteiger partial charge in [0, 0.05) is 6.54 Å². The standard InChI is InChI=1S/C14H27NO3/c1-11(2)6-9-15(3)10-14(18)7-4-12(5-8-14)13(16)17/h11-12,18H,4-10H2,1-3H3,(H,16,17). The zero-order chi connectivity index (χ0) is 13.8. The molecule has 0 aromatic carbocycles. The van der Waals surface area contributed by atoms with Crippen LogP contribution in [0.1, 0.15) is 46.0 Å². The first kappa shape index (κ1) is 15.4. The molecule has 0 aliphatic heterocycles. The SMILES string of the molecule is CC(C)CCN(C)CC1(O)CCC(C(=O)O)CC1. The van der Waals surface area contributed by atoms with Crippen LogP contribution in [-0.4, -0.2) is 46.8 Å². The van der Waals surface area contributed by atoms with Crippen LogP contribution in [-0.2, 0) is 4.79 Å². The molecule has 0 radical (unpaired) electrons. The Balaban J connectivity index is 2.35. The maximum absolute atomic E-state index is 10.9. The van der Waals surface area contributed by atoms with Crippen LogP contribution in [0.25, 0.3) is 0 Å². The van der Waals surface area contributed by atoms with Crippen molar-refractivity contribution >= 4 is 5.97 Å². The lowest BCUT2D eigenvalue weighted by Crippen LogP contribution is -2.45. The molecule has 0 aromatic heterocycles. The Morgan fingerprint density at radius 1 is 1.39 bits per heavy atom. The summed E-state index contributed by atoms with van der Waals surface area (Å²) in [7, 11) is 2.03. The summed E-state index contributed by atoms with van der Waals surface area (Å²) in [6.45, 7) is 6.04. The Labute approximate surface area is 110 Å². The van der Waals surface area contributed by atoms with Gasteiger partial charge in [-0.1, -0.05) is 13.8 Å². The summed E-state index contributed by atoms with van der Waals surface area (Å²) >= 11 is 0. The van der Waals surface area contributed by atoms with Gasteiger partial charge in [-0.2, -0.15) is 0 Å².